The van der Waals surface area contributed by atoms with E-state index < -0.39 is 28.8 Å². The zero-order valence-corrected chi connectivity index (χ0v) is 15.0. The summed E-state index contributed by atoms with van der Waals surface area (Å²) in [5, 5.41) is 4.39. The number of fused-ring (bicyclic) bond motifs is 1. The van der Waals surface area contributed by atoms with E-state index in [2.05, 4.69) is 14.8 Å². The largest absolute Gasteiger partial charge is 0.598 e. The summed E-state index contributed by atoms with van der Waals surface area (Å²) in [6, 6.07) is 1.33. The van der Waals surface area contributed by atoms with Crippen LogP contribution in [-0.4, -0.2) is 30.5 Å². The van der Waals surface area contributed by atoms with Crippen molar-refractivity contribution in [3.8, 4) is 0 Å². The van der Waals surface area contributed by atoms with Crippen LogP contribution < -0.4 is 4.72 Å². The number of aryl methyl sites for hydroxylation is 1. The molecule has 0 aliphatic rings. The molecule has 3 atom stereocenters. The summed E-state index contributed by atoms with van der Waals surface area (Å²) in [7, 11) is 0. The van der Waals surface area contributed by atoms with E-state index in [9.17, 15) is 17.7 Å². The molecule has 0 aliphatic heterocycles. The van der Waals surface area contributed by atoms with Crippen molar-refractivity contribution < 1.29 is 17.7 Å². The number of hydrogen-bond acceptors (Lipinski definition) is 4. The van der Waals surface area contributed by atoms with E-state index in [1.165, 1.54) is 6.20 Å². The molecule has 5 nitrogen and oxygen atoms in total. The lowest BCUT2D eigenvalue weighted by Crippen LogP contribution is -2.40. The third kappa shape index (κ3) is 3.84. The smallest absolute Gasteiger partial charge is 0.289 e. The molecule has 1 unspecified atom stereocenters. The monoisotopic (exact) mass is 362 g/mol. The molecule has 0 fully saturated rings. The van der Waals surface area contributed by atoms with Crippen LogP contribution in [0.3, 0.4) is 0 Å². The van der Waals surface area contributed by atoms with Crippen molar-refractivity contribution in [1.82, 2.24) is 19.5 Å². The third-order valence-corrected chi connectivity index (χ3v) is 5.20. The van der Waals surface area contributed by atoms with E-state index in [1.807, 2.05) is 20.8 Å². The molecular formula is C15H21F3N4OS. The van der Waals surface area contributed by atoms with Gasteiger partial charge in [-0.2, -0.15) is 5.10 Å². The number of hydrogen-bond donors (Lipinski definition) is 1. The predicted molar refractivity (Wildman–Crippen MR) is 87.9 cm³/mol. The molecule has 2 rings (SSSR count). The van der Waals surface area contributed by atoms with Crippen LogP contribution in [-0.2, 0) is 11.4 Å². The average molecular weight is 362 g/mol. The second kappa shape index (κ2) is 6.89. The number of nitrogens with one attached hydrogen (secondary N) is 1. The molecule has 2 aromatic heterocycles. The number of rotatable bonds is 5. The lowest BCUT2D eigenvalue weighted by atomic mass is 10.1. The van der Waals surface area contributed by atoms with Crippen LogP contribution in [0.4, 0.5) is 13.2 Å². The highest BCUT2D eigenvalue weighted by molar-refractivity contribution is 7.90. The van der Waals surface area contributed by atoms with Gasteiger partial charge in [-0.1, -0.05) is 0 Å². The predicted octanol–water partition coefficient (Wildman–Crippen LogP) is 3.59. The van der Waals surface area contributed by atoms with Gasteiger partial charge in [-0.3, -0.25) is 4.98 Å². The van der Waals surface area contributed by atoms with Crippen molar-refractivity contribution in [3.63, 3.8) is 0 Å². The van der Waals surface area contributed by atoms with Crippen LogP contribution in [0.2, 0.25) is 0 Å². The van der Waals surface area contributed by atoms with Crippen molar-refractivity contribution in [2.75, 3.05) is 0 Å². The topological polar surface area (TPSA) is 65.8 Å². The molecule has 134 valence electrons. The first kappa shape index (κ1) is 19.0. The van der Waals surface area contributed by atoms with Crippen LogP contribution in [0.15, 0.2) is 12.3 Å². The standard InChI is InChI=1S/C15H21F3N4OS/c1-8-10-6-11(9(2)21-24(23)15(3,4)5)19-7-12(10)22(20-8)14(18)13(16)17/h6-7,9,13-14,21H,1-5H3/t9-,14?,24-/m1/s1. The first-order chi connectivity index (χ1) is 11.0. The number of pyridine rings is 1. The number of aromatic nitrogens is 3. The van der Waals surface area contributed by atoms with Gasteiger partial charge in [0, 0.05) is 16.7 Å². The molecule has 0 saturated heterocycles. The molecule has 2 aromatic rings. The molecule has 0 spiro atoms. The van der Waals surface area contributed by atoms with Gasteiger partial charge in [0.15, 0.2) is 0 Å². The number of alkyl halides is 3. The van der Waals surface area contributed by atoms with Gasteiger partial charge in [0.25, 0.3) is 12.7 Å². The number of halogens is 3. The minimum atomic E-state index is -3.16. The summed E-state index contributed by atoms with van der Waals surface area (Å²) < 4.78 is 54.2. The summed E-state index contributed by atoms with van der Waals surface area (Å²) in [5.41, 5.74) is 1.21. The molecule has 0 saturated carbocycles. The molecule has 0 amide bonds. The lowest BCUT2D eigenvalue weighted by Gasteiger charge is -2.26. The van der Waals surface area contributed by atoms with Crippen LogP contribution in [0, 0.1) is 6.92 Å². The Balaban J connectivity index is 2.34. The van der Waals surface area contributed by atoms with Crippen molar-refractivity contribution in [2.45, 2.75) is 58.1 Å². The SMILES string of the molecule is Cc1nn(C(F)C(F)F)c2cnc([C@@H](C)N[S@+]([O-])C(C)(C)C)cc12. The van der Waals surface area contributed by atoms with E-state index in [1.54, 1.807) is 19.9 Å². The lowest BCUT2D eigenvalue weighted by molar-refractivity contribution is 0.00327. The molecule has 24 heavy (non-hydrogen) atoms. The summed E-state index contributed by atoms with van der Waals surface area (Å²) in [4.78, 5) is 4.19. The maximum Gasteiger partial charge on any atom is 0.289 e. The van der Waals surface area contributed by atoms with Gasteiger partial charge < -0.3 is 4.55 Å². The molecule has 9 heteroatoms. The highest BCUT2D eigenvalue weighted by atomic mass is 32.2. The highest BCUT2D eigenvalue weighted by Crippen LogP contribution is 2.27. The first-order valence-corrected chi connectivity index (χ1v) is 8.62. The van der Waals surface area contributed by atoms with Crippen LogP contribution in [0.5, 0.6) is 0 Å². The Morgan fingerprint density at radius 1 is 1.29 bits per heavy atom. The maximum atomic E-state index is 13.6. The Morgan fingerprint density at radius 2 is 1.92 bits per heavy atom. The zero-order valence-electron chi connectivity index (χ0n) is 14.2. The van der Waals surface area contributed by atoms with Crippen LogP contribution >= 0.6 is 0 Å². The van der Waals surface area contributed by atoms with Crippen LogP contribution in [0.1, 0.15) is 51.4 Å². The van der Waals surface area contributed by atoms with Crippen molar-refractivity contribution >= 4 is 22.3 Å². The minimum absolute atomic E-state index is 0.202. The van der Waals surface area contributed by atoms with E-state index in [0.29, 0.717) is 21.5 Å². The van der Waals surface area contributed by atoms with Crippen molar-refractivity contribution in [1.29, 1.82) is 0 Å². The van der Waals surface area contributed by atoms with Crippen LogP contribution in [0.25, 0.3) is 10.9 Å². The van der Waals surface area contributed by atoms with E-state index in [4.69, 9.17) is 0 Å². The fraction of sp³-hybridized carbons (Fsp3) is 0.600. The molecule has 0 radical (unpaired) electrons. The summed E-state index contributed by atoms with van der Waals surface area (Å²) in [5.74, 6) is 0. The first-order valence-electron chi connectivity index (χ1n) is 7.47. The molecule has 0 aromatic carbocycles. The Kier molecular flexibility index (Phi) is 5.46. The molecule has 0 bridgehead atoms. The fourth-order valence-electron chi connectivity index (χ4n) is 2.14. The van der Waals surface area contributed by atoms with Gasteiger partial charge in [-0.05, 0) is 40.7 Å². The number of nitrogens with zero attached hydrogens (tertiary/aromatic N) is 3. The van der Waals surface area contributed by atoms with Gasteiger partial charge in [0.1, 0.15) is 4.75 Å². The molecule has 1 N–H and O–H groups in total. The molecule has 0 aliphatic carbocycles. The molecule has 2 heterocycles. The van der Waals surface area contributed by atoms with E-state index in [-0.39, 0.29) is 11.6 Å². The summed E-state index contributed by atoms with van der Waals surface area (Å²) in [6.07, 6.45) is -4.36. The Hall–Kier alpha value is -1.32. The van der Waals surface area contributed by atoms with Crippen molar-refractivity contribution in [3.05, 3.63) is 23.7 Å². The van der Waals surface area contributed by atoms with Crippen molar-refractivity contribution in [2.24, 2.45) is 0 Å². The highest BCUT2D eigenvalue weighted by Gasteiger charge is 2.29. The normalized spacial score (nSPS) is 16.6. The van der Waals surface area contributed by atoms with Gasteiger partial charge in [0.2, 0.25) is 0 Å². The van der Waals surface area contributed by atoms with Gasteiger partial charge >= 0.3 is 0 Å². The average Bonchev–Trinajstić information content (AvgIpc) is 2.81. The van der Waals surface area contributed by atoms with E-state index in [0.717, 1.165) is 0 Å². The van der Waals surface area contributed by atoms with E-state index >= 15 is 0 Å². The quantitative estimate of drug-likeness (QED) is 0.826. The maximum absolute atomic E-state index is 13.6. The Morgan fingerprint density at radius 3 is 2.46 bits per heavy atom. The summed E-state index contributed by atoms with van der Waals surface area (Å²) >= 11 is -1.29. The third-order valence-electron chi connectivity index (χ3n) is 3.52. The fourth-order valence-corrected chi connectivity index (χ4v) is 2.93. The Bertz CT molecular complexity index is 717. The van der Waals surface area contributed by atoms with Gasteiger partial charge in [0.05, 0.1) is 29.1 Å². The zero-order chi connectivity index (χ0) is 18.2. The van der Waals surface area contributed by atoms with Gasteiger partial charge in [-0.15, -0.1) is 4.72 Å². The molecular weight excluding hydrogens is 341 g/mol. The second-order valence-corrected chi connectivity index (χ2v) is 8.58. The summed E-state index contributed by atoms with van der Waals surface area (Å²) in [6.45, 7) is 8.96. The minimum Gasteiger partial charge on any atom is -0.598 e. The second-order valence-electron chi connectivity index (χ2n) is 6.58. The van der Waals surface area contributed by atoms with Gasteiger partial charge in [-0.25, -0.2) is 17.9 Å². The Labute approximate surface area is 142 Å².